The largest absolute Gasteiger partial charge is 0.490 e. The van der Waals surface area contributed by atoms with Gasteiger partial charge < -0.3 is 19.9 Å². The Labute approximate surface area is 133 Å². The van der Waals surface area contributed by atoms with Gasteiger partial charge in [0, 0.05) is 32.1 Å². The first kappa shape index (κ1) is 15.1. The van der Waals surface area contributed by atoms with Gasteiger partial charge in [0.05, 0.1) is 30.9 Å². The van der Waals surface area contributed by atoms with Gasteiger partial charge in [-0.2, -0.15) is 0 Å². The van der Waals surface area contributed by atoms with Crippen LogP contribution in [0.3, 0.4) is 0 Å². The third-order valence-corrected chi connectivity index (χ3v) is 4.51. The van der Waals surface area contributed by atoms with Crippen molar-refractivity contribution in [2.75, 3.05) is 46.1 Å². The molecule has 116 valence electrons. The van der Waals surface area contributed by atoms with E-state index in [0.29, 0.717) is 19.8 Å². The first-order chi connectivity index (χ1) is 10.3. The summed E-state index contributed by atoms with van der Waals surface area (Å²) in [6.45, 7) is 5.31. The summed E-state index contributed by atoms with van der Waals surface area (Å²) in [5.74, 6) is 1.61. The number of ether oxygens (including phenoxy) is 3. The second-order valence-corrected chi connectivity index (χ2v) is 6.13. The van der Waals surface area contributed by atoms with Gasteiger partial charge in [-0.15, -0.1) is 0 Å². The summed E-state index contributed by atoms with van der Waals surface area (Å²) >= 11 is 3.60. The van der Waals surface area contributed by atoms with Crippen molar-refractivity contribution in [1.82, 2.24) is 4.90 Å². The Kier molecular flexibility index (Phi) is 5.00. The lowest BCUT2D eigenvalue weighted by atomic mass is 10.0. The molecule has 2 aliphatic heterocycles. The fourth-order valence-corrected chi connectivity index (χ4v) is 3.40. The molecule has 2 N–H and O–H groups in total. The summed E-state index contributed by atoms with van der Waals surface area (Å²) in [5.41, 5.74) is 7.19. The third kappa shape index (κ3) is 3.34. The quantitative estimate of drug-likeness (QED) is 0.896. The predicted molar refractivity (Wildman–Crippen MR) is 83.9 cm³/mol. The second-order valence-electron chi connectivity index (χ2n) is 5.28. The average Bonchev–Trinajstić information content (AvgIpc) is 2.75. The lowest BCUT2D eigenvalue weighted by Crippen LogP contribution is -2.41. The first-order valence-corrected chi connectivity index (χ1v) is 8.20. The highest BCUT2D eigenvalue weighted by molar-refractivity contribution is 9.10. The van der Waals surface area contributed by atoms with Crippen LogP contribution in [-0.2, 0) is 4.74 Å². The van der Waals surface area contributed by atoms with E-state index in [-0.39, 0.29) is 6.04 Å². The highest BCUT2D eigenvalue weighted by Gasteiger charge is 2.24. The van der Waals surface area contributed by atoms with Crippen LogP contribution in [-0.4, -0.2) is 51.0 Å². The van der Waals surface area contributed by atoms with Gasteiger partial charge in [-0.3, -0.25) is 4.90 Å². The minimum Gasteiger partial charge on any atom is -0.490 e. The number of benzene rings is 1. The van der Waals surface area contributed by atoms with Gasteiger partial charge in [-0.1, -0.05) is 0 Å². The van der Waals surface area contributed by atoms with Crippen LogP contribution in [0.1, 0.15) is 18.0 Å². The predicted octanol–water partition coefficient (Wildman–Crippen LogP) is 1.94. The van der Waals surface area contributed by atoms with Gasteiger partial charge in [-0.25, -0.2) is 0 Å². The smallest absolute Gasteiger partial charge is 0.175 e. The summed E-state index contributed by atoms with van der Waals surface area (Å²) in [6.07, 6.45) is 0.903. The van der Waals surface area contributed by atoms with Gasteiger partial charge in [0.25, 0.3) is 0 Å². The highest BCUT2D eigenvalue weighted by atomic mass is 79.9. The molecule has 1 aromatic rings. The van der Waals surface area contributed by atoms with Crippen molar-refractivity contribution >= 4 is 15.9 Å². The molecule has 2 heterocycles. The Morgan fingerprint density at radius 1 is 1.14 bits per heavy atom. The van der Waals surface area contributed by atoms with E-state index in [4.69, 9.17) is 19.9 Å². The normalized spacial score (nSPS) is 20.9. The van der Waals surface area contributed by atoms with Gasteiger partial charge in [0.1, 0.15) is 0 Å². The minimum absolute atomic E-state index is 0.183. The van der Waals surface area contributed by atoms with Crippen LogP contribution in [0, 0.1) is 0 Å². The van der Waals surface area contributed by atoms with Crippen LogP contribution in [0.2, 0.25) is 0 Å². The van der Waals surface area contributed by atoms with Gasteiger partial charge in [0.15, 0.2) is 11.5 Å². The Balaban J connectivity index is 1.89. The molecule has 6 heteroatoms. The average molecular weight is 357 g/mol. The van der Waals surface area contributed by atoms with E-state index < -0.39 is 0 Å². The van der Waals surface area contributed by atoms with Crippen molar-refractivity contribution in [3.05, 3.63) is 22.2 Å². The number of rotatable bonds is 3. The monoisotopic (exact) mass is 356 g/mol. The molecule has 1 unspecified atom stereocenters. The van der Waals surface area contributed by atoms with Crippen LogP contribution in [0.25, 0.3) is 0 Å². The summed E-state index contributed by atoms with van der Waals surface area (Å²) < 4.78 is 17.9. The molecule has 0 aromatic heterocycles. The van der Waals surface area contributed by atoms with E-state index in [0.717, 1.165) is 54.3 Å². The standard InChI is InChI=1S/C15H21BrN2O3/c16-12-8-11(9-14-15(12)21-5-1-4-20-14)13(10-17)18-2-6-19-7-3-18/h8-9,13H,1-7,10,17H2. The lowest BCUT2D eigenvalue weighted by molar-refractivity contribution is 0.0178. The SMILES string of the molecule is NCC(c1cc(Br)c2c(c1)OCCCO2)N1CCOCC1. The van der Waals surface area contributed by atoms with E-state index in [1.807, 2.05) is 0 Å². The van der Waals surface area contributed by atoms with Crippen LogP contribution >= 0.6 is 15.9 Å². The number of fused-ring (bicyclic) bond motifs is 1. The Morgan fingerprint density at radius 3 is 2.67 bits per heavy atom. The molecule has 0 saturated carbocycles. The molecule has 2 aliphatic rings. The van der Waals surface area contributed by atoms with Crippen molar-refractivity contribution in [3.8, 4) is 11.5 Å². The highest BCUT2D eigenvalue weighted by Crippen LogP contribution is 2.40. The van der Waals surface area contributed by atoms with Gasteiger partial charge >= 0.3 is 0 Å². The second kappa shape index (κ2) is 6.96. The lowest BCUT2D eigenvalue weighted by Gasteiger charge is -2.34. The van der Waals surface area contributed by atoms with E-state index >= 15 is 0 Å². The Bertz CT molecular complexity index is 492. The molecule has 1 fully saturated rings. The van der Waals surface area contributed by atoms with Crippen LogP contribution < -0.4 is 15.2 Å². The Morgan fingerprint density at radius 2 is 1.90 bits per heavy atom. The fraction of sp³-hybridized carbons (Fsp3) is 0.600. The molecule has 0 spiro atoms. The van der Waals surface area contributed by atoms with E-state index in [1.165, 1.54) is 0 Å². The number of halogens is 1. The molecule has 21 heavy (non-hydrogen) atoms. The van der Waals surface area contributed by atoms with Crippen LogP contribution in [0.5, 0.6) is 11.5 Å². The van der Waals surface area contributed by atoms with E-state index in [1.54, 1.807) is 0 Å². The number of hydrogen-bond donors (Lipinski definition) is 1. The van der Waals surface area contributed by atoms with E-state index in [9.17, 15) is 0 Å². The van der Waals surface area contributed by atoms with Crippen molar-refractivity contribution < 1.29 is 14.2 Å². The number of nitrogens with two attached hydrogens (primary N) is 1. The minimum atomic E-state index is 0.183. The fourth-order valence-electron chi connectivity index (χ4n) is 2.83. The zero-order valence-corrected chi connectivity index (χ0v) is 13.6. The number of hydrogen-bond acceptors (Lipinski definition) is 5. The van der Waals surface area contributed by atoms with Crippen LogP contribution in [0.15, 0.2) is 16.6 Å². The molecule has 0 radical (unpaired) electrons. The third-order valence-electron chi connectivity index (χ3n) is 3.92. The molecule has 0 bridgehead atoms. The maximum absolute atomic E-state index is 6.02. The van der Waals surface area contributed by atoms with Gasteiger partial charge in [0.2, 0.25) is 0 Å². The molecule has 1 atom stereocenters. The van der Waals surface area contributed by atoms with E-state index in [2.05, 4.69) is 33.0 Å². The number of morpholine rings is 1. The molecule has 0 amide bonds. The van der Waals surface area contributed by atoms with Crippen molar-refractivity contribution in [1.29, 1.82) is 0 Å². The molecule has 0 aliphatic carbocycles. The molecule has 5 nitrogen and oxygen atoms in total. The van der Waals surface area contributed by atoms with Crippen molar-refractivity contribution in [2.24, 2.45) is 5.73 Å². The number of nitrogens with zero attached hydrogens (tertiary/aromatic N) is 1. The maximum atomic E-state index is 6.02. The van der Waals surface area contributed by atoms with Gasteiger partial charge in [-0.05, 0) is 33.6 Å². The summed E-state index contributed by atoms with van der Waals surface area (Å²) in [6, 6.07) is 4.35. The summed E-state index contributed by atoms with van der Waals surface area (Å²) in [4.78, 5) is 2.37. The molecular weight excluding hydrogens is 336 g/mol. The molecular formula is C15H21BrN2O3. The summed E-state index contributed by atoms with van der Waals surface area (Å²) in [7, 11) is 0. The van der Waals surface area contributed by atoms with Crippen molar-refractivity contribution in [2.45, 2.75) is 12.5 Å². The molecule has 1 saturated heterocycles. The molecule has 1 aromatic carbocycles. The van der Waals surface area contributed by atoms with Crippen molar-refractivity contribution in [3.63, 3.8) is 0 Å². The zero-order valence-electron chi connectivity index (χ0n) is 12.0. The first-order valence-electron chi connectivity index (χ1n) is 7.40. The summed E-state index contributed by atoms with van der Waals surface area (Å²) in [5, 5.41) is 0. The van der Waals surface area contributed by atoms with Crippen LogP contribution in [0.4, 0.5) is 0 Å². The topological polar surface area (TPSA) is 57.0 Å². The maximum Gasteiger partial charge on any atom is 0.175 e. The molecule has 3 rings (SSSR count). The Hall–Kier alpha value is -0.820. The zero-order chi connectivity index (χ0) is 14.7.